The number of anilines is 3. The van der Waals surface area contributed by atoms with Gasteiger partial charge in [-0.15, -0.1) is 0 Å². The summed E-state index contributed by atoms with van der Waals surface area (Å²) >= 11 is 0. The highest BCUT2D eigenvalue weighted by Gasteiger charge is 2.19. The van der Waals surface area contributed by atoms with Crippen LogP contribution < -0.4 is 15.0 Å². The second kappa shape index (κ2) is 6.78. The highest BCUT2D eigenvalue weighted by atomic mass is 19.1. The van der Waals surface area contributed by atoms with Gasteiger partial charge < -0.3 is 20.1 Å². The minimum atomic E-state index is -0.363. The largest absolute Gasteiger partial charge is 0.494 e. The number of nitrogens with zero attached hydrogens (tertiary/aromatic N) is 3. The van der Waals surface area contributed by atoms with Crippen LogP contribution in [-0.2, 0) is 0 Å². The molecule has 1 aliphatic heterocycles. The molecule has 0 bridgehead atoms. The number of nitrogens with one attached hydrogen (secondary N) is 1. The van der Waals surface area contributed by atoms with Gasteiger partial charge in [0.05, 0.1) is 18.9 Å². The lowest BCUT2D eigenvalue weighted by Gasteiger charge is -2.31. The summed E-state index contributed by atoms with van der Waals surface area (Å²) in [6, 6.07) is 6.07. The number of benzene rings is 1. The van der Waals surface area contributed by atoms with Crippen molar-refractivity contribution in [3.05, 3.63) is 36.4 Å². The average molecular weight is 318 g/mol. The van der Waals surface area contributed by atoms with Crippen molar-refractivity contribution < 1.29 is 14.2 Å². The maximum absolute atomic E-state index is 13.3. The van der Waals surface area contributed by atoms with E-state index in [2.05, 4.69) is 15.3 Å². The van der Waals surface area contributed by atoms with E-state index in [1.54, 1.807) is 12.1 Å². The number of aliphatic hydroxyl groups is 1. The molecule has 1 aliphatic rings. The van der Waals surface area contributed by atoms with Crippen molar-refractivity contribution in [2.45, 2.75) is 18.9 Å². The van der Waals surface area contributed by atoms with Gasteiger partial charge in [-0.05, 0) is 25.0 Å². The maximum Gasteiger partial charge on any atom is 0.145 e. The van der Waals surface area contributed by atoms with E-state index in [1.807, 2.05) is 4.90 Å². The molecule has 2 heterocycles. The number of halogens is 1. The van der Waals surface area contributed by atoms with E-state index in [4.69, 9.17) is 4.74 Å². The Morgan fingerprint density at radius 3 is 3.00 bits per heavy atom. The molecular weight excluding hydrogens is 299 g/mol. The smallest absolute Gasteiger partial charge is 0.145 e. The zero-order chi connectivity index (χ0) is 16.2. The molecule has 0 saturated carbocycles. The number of aliphatic hydroxyl groups excluding tert-OH is 1. The molecule has 0 amide bonds. The number of methoxy groups -OCH3 is 1. The predicted octanol–water partition coefficient (Wildman–Crippen LogP) is 2.33. The summed E-state index contributed by atoms with van der Waals surface area (Å²) in [5, 5.41) is 12.9. The number of hydrogen-bond acceptors (Lipinski definition) is 6. The first-order valence-corrected chi connectivity index (χ1v) is 7.51. The third kappa shape index (κ3) is 3.68. The van der Waals surface area contributed by atoms with Crippen LogP contribution >= 0.6 is 0 Å². The summed E-state index contributed by atoms with van der Waals surface area (Å²) in [7, 11) is 1.49. The number of rotatable bonds is 4. The highest BCUT2D eigenvalue weighted by molar-refractivity contribution is 5.65. The molecule has 7 heteroatoms. The second-order valence-electron chi connectivity index (χ2n) is 5.47. The van der Waals surface area contributed by atoms with E-state index in [1.165, 1.54) is 25.6 Å². The van der Waals surface area contributed by atoms with Crippen LogP contribution in [0.2, 0.25) is 0 Å². The Bertz CT molecular complexity index is 683. The van der Waals surface area contributed by atoms with Crippen LogP contribution in [0.15, 0.2) is 30.6 Å². The van der Waals surface area contributed by atoms with E-state index in [-0.39, 0.29) is 11.9 Å². The molecule has 122 valence electrons. The summed E-state index contributed by atoms with van der Waals surface area (Å²) in [4.78, 5) is 10.5. The monoisotopic (exact) mass is 318 g/mol. The summed E-state index contributed by atoms with van der Waals surface area (Å²) in [5.41, 5.74) is 0.622. The Balaban J connectivity index is 1.80. The highest BCUT2D eigenvalue weighted by Crippen LogP contribution is 2.28. The Kier molecular flexibility index (Phi) is 4.57. The zero-order valence-electron chi connectivity index (χ0n) is 12.9. The third-order valence-corrected chi connectivity index (χ3v) is 3.80. The van der Waals surface area contributed by atoms with Crippen LogP contribution in [0.3, 0.4) is 0 Å². The van der Waals surface area contributed by atoms with E-state index >= 15 is 0 Å². The molecule has 1 unspecified atom stereocenters. The Morgan fingerprint density at radius 2 is 2.22 bits per heavy atom. The standard InChI is InChI=1S/C16H19FN4O2/c1-23-14-7-11(17)4-5-13(14)20-15-8-16(19-10-18-15)21-6-2-3-12(22)9-21/h4-5,7-8,10,12,22H,2-3,6,9H2,1H3,(H,18,19,20). The SMILES string of the molecule is COc1cc(F)ccc1Nc1cc(N2CCCC(O)C2)ncn1. The van der Waals surface area contributed by atoms with Crippen LogP contribution in [0.4, 0.5) is 21.7 Å². The maximum atomic E-state index is 13.3. The second-order valence-corrected chi connectivity index (χ2v) is 5.47. The molecule has 6 nitrogen and oxygen atoms in total. The fourth-order valence-electron chi connectivity index (χ4n) is 2.66. The molecule has 0 spiro atoms. The van der Waals surface area contributed by atoms with E-state index in [9.17, 15) is 9.50 Å². The van der Waals surface area contributed by atoms with E-state index < -0.39 is 0 Å². The van der Waals surface area contributed by atoms with Crippen molar-refractivity contribution in [1.82, 2.24) is 9.97 Å². The molecule has 1 atom stereocenters. The lowest BCUT2D eigenvalue weighted by Crippen LogP contribution is -2.38. The van der Waals surface area contributed by atoms with Crippen LogP contribution in [0, 0.1) is 5.82 Å². The summed E-state index contributed by atoms with van der Waals surface area (Å²) in [6.07, 6.45) is 2.89. The molecule has 0 aliphatic carbocycles. The number of piperidine rings is 1. The lowest BCUT2D eigenvalue weighted by molar-refractivity contribution is 0.154. The van der Waals surface area contributed by atoms with Crippen molar-refractivity contribution in [2.24, 2.45) is 0 Å². The van der Waals surface area contributed by atoms with Crippen molar-refractivity contribution in [3.8, 4) is 5.75 Å². The Labute approximate surface area is 133 Å². The van der Waals surface area contributed by atoms with Crippen molar-refractivity contribution in [1.29, 1.82) is 0 Å². The first-order valence-electron chi connectivity index (χ1n) is 7.51. The molecule has 0 radical (unpaired) electrons. The van der Waals surface area contributed by atoms with Gasteiger partial charge in [-0.3, -0.25) is 0 Å². The van der Waals surface area contributed by atoms with Crippen molar-refractivity contribution >= 4 is 17.3 Å². The van der Waals surface area contributed by atoms with Gasteiger partial charge in [-0.2, -0.15) is 0 Å². The van der Waals surface area contributed by atoms with Crippen molar-refractivity contribution in [3.63, 3.8) is 0 Å². The van der Waals surface area contributed by atoms with E-state index in [0.29, 0.717) is 23.8 Å². The molecule has 23 heavy (non-hydrogen) atoms. The van der Waals surface area contributed by atoms with Crippen molar-refractivity contribution in [2.75, 3.05) is 30.4 Å². The number of aromatic nitrogens is 2. The van der Waals surface area contributed by atoms with Gasteiger partial charge in [0, 0.05) is 25.2 Å². The molecule has 1 aromatic carbocycles. The van der Waals surface area contributed by atoms with Crippen LogP contribution in [0.1, 0.15) is 12.8 Å². The van der Waals surface area contributed by atoms with Crippen LogP contribution in [0.25, 0.3) is 0 Å². The summed E-state index contributed by atoms with van der Waals surface area (Å²) in [6.45, 7) is 1.42. The first kappa shape index (κ1) is 15.5. The Hall–Kier alpha value is -2.41. The molecular formula is C16H19FN4O2. The van der Waals surface area contributed by atoms with Crippen LogP contribution in [0.5, 0.6) is 5.75 Å². The molecule has 3 rings (SSSR count). The zero-order valence-corrected chi connectivity index (χ0v) is 12.9. The quantitative estimate of drug-likeness (QED) is 0.901. The predicted molar refractivity (Wildman–Crippen MR) is 85.7 cm³/mol. The topological polar surface area (TPSA) is 70.5 Å². The van der Waals surface area contributed by atoms with Gasteiger partial charge >= 0.3 is 0 Å². The molecule has 2 aromatic rings. The van der Waals surface area contributed by atoms with E-state index in [0.717, 1.165) is 25.2 Å². The van der Waals surface area contributed by atoms with Gasteiger partial charge in [0.2, 0.25) is 0 Å². The number of ether oxygens (including phenoxy) is 1. The van der Waals surface area contributed by atoms with Crippen LogP contribution in [-0.4, -0.2) is 41.4 Å². The van der Waals surface area contributed by atoms with Gasteiger partial charge in [-0.1, -0.05) is 0 Å². The molecule has 1 fully saturated rings. The molecule has 1 aromatic heterocycles. The normalized spacial score (nSPS) is 17.9. The first-order chi connectivity index (χ1) is 11.2. The lowest BCUT2D eigenvalue weighted by atomic mass is 10.1. The average Bonchev–Trinajstić information content (AvgIpc) is 2.57. The third-order valence-electron chi connectivity index (χ3n) is 3.80. The fraction of sp³-hybridized carbons (Fsp3) is 0.375. The Morgan fingerprint density at radius 1 is 1.35 bits per heavy atom. The fourth-order valence-corrected chi connectivity index (χ4v) is 2.66. The molecule has 1 saturated heterocycles. The van der Waals surface area contributed by atoms with Gasteiger partial charge in [0.25, 0.3) is 0 Å². The van der Waals surface area contributed by atoms with Gasteiger partial charge in [-0.25, -0.2) is 14.4 Å². The number of hydrogen-bond donors (Lipinski definition) is 2. The van der Waals surface area contributed by atoms with Gasteiger partial charge in [0.1, 0.15) is 29.5 Å². The van der Waals surface area contributed by atoms with Gasteiger partial charge in [0.15, 0.2) is 0 Å². The molecule has 2 N–H and O–H groups in total. The number of β-amino-alcohol motifs (C(OH)–C–C–N with tert-alkyl or cyclic N) is 1. The summed E-state index contributed by atoms with van der Waals surface area (Å²) in [5.74, 6) is 1.37. The summed E-state index contributed by atoms with van der Waals surface area (Å²) < 4.78 is 18.4. The minimum Gasteiger partial charge on any atom is -0.494 e. The minimum absolute atomic E-state index is 0.327.